The molecule has 0 bridgehead atoms. The highest BCUT2D eigenvalue weighted by molar-refractivity contribution is 6.04. The second kappa shape index (κ2) is 7.00. The summed E-state index contributed by atoms with van der Waals surface area (Å²) in [6.07, 6.45) is 1.58. The molecule has 0 unspecified atom stereocenters. The van der Waals surface area contributed by atoms with Gasteiger partial charge in [0.15, 0.2) is 0 Å². The number of aromatic nitrogens is 2. The molecule has 0 atom stereocenters. The van der Waals surface area contributed by atoms with Crippen molar-refractivity contribution >= 4 is 23.0 Å². The number of nitrogens with one attached hydrogen (secondary N) is 1. The van der Waals surface area contributed by atoms with Gasteiger partial charge in [-0.25, -0.2) is 4.99 Å². The molecule has 2 aromatic carbocycles. The number of phenols is 1. The molecule has 0 aliphatic carbocycles. The van der Waals surface area contributed by atoms with Crippen LogP contribution < -0.4 is 5.32 Å². The minimum atomic E-state index is -0.215. The Labute approximate surface area is 145 Å². The predicted molar refractivity (Wildman–Crippen MR) is 97.6 cm³/mol. The predicted octanol–water partition coefficient (Wildman–Crippen LogP) is 3.52. The third-order valence-corrected chi connectivity index (χ3v) is 3.78. The molecular weight excluding hydrogens is 316 g/mol. The normalized spacial score (nSPS) is 11.4. The number of benzene rings is 2. The van der Waals surface area contributed by atoms with Crippen molar-refractivity contribution < 1.29 is 9.90 Å². The molecule has 2 N–H and O–H groups in total. The summed E-state index contributed by atoms with van der Waals surface area (Å²) in [7, 11) is 1.72. The Kier molecular flexibility index (Phi) is 4.61. The molecule has 0 aliphatic heterocycles. The highest BCUT2D eigenvalue weighted by Crippen LogP contribution is 2.26. The number of phenolic OH excluding ortho intramolecular Hbond substituents is 1. The third kappa shape index (κ3) is 3.74. The number of rotatable bonds is 4. The smallest absolute Gasteiger partial charge is 0.273 e. The van der Waals surface area contributed by atoms with Crippen LogP contribution in [0.25, 0.3) is 0 Å². The monoisotopic (exact) mass is 334 g/mol. The summed E-state index contributed by atoms with van der Waals surface area (Å²) in [5.41, 5.74) is 3.37. The number of carbonyl (C=O) groups is 1. The van der Waals surface area contributed by atoms with E-state index in [1.807, 2.05) is 37.3 Å². The van der Waals surface area contributed by atoms with Gasteiger partial charge in [-0.05, 0) is 42.8 Å². The van der Waals surface area contributed by atoms with Gasteiger partial charge in [-0.3, -0.25) is 9.48 Å². The number of aromatic hydroxyl groups is 1. The summed E-state index contributed by atoms with van der Waals surface area (Å²) >= 11 is 0. The van der Waals surface area contributed by atoms with Gasteiger partial charge in [0.25, 0.3) is 5.91 Å². The first-order valence-corrected chi connectivity index (χ1v) is 7.77. The maximum absolute atomic E-state index is 12.2. The van der Waals surface area contributed by atoms with Crippen molar-refractivity contribution in [3.63, 3.8) is 0 Å². The lowest BCUT2D eigenvalue weighted by molar-refractivity contribution is 0.101. The lowest BCUT2D eigenvalue weighted by Crippen LogP contribution is -2.16. The largest absolute Gasteiger partial charge is 0.506 e. The van der Waals surface area contributed by atoms with Gasteiger partial charge >= 0.3 is 0 Å². The van der Waals surface area contributed by atoms with Crippen LogP contribution in [0, 0.1) is 0 Å². The Bertz CT molecular complexity index is 927. The number of para-hydroxylation sites is 2. The van der Waals surface area contributed by atoms with Gasteiger partial charge in [-0.1, -0.05) is 24.3 Å². The Balaban J connectivity index is 1.75. The number of hydrogen-bond donors (Lipinski definition) is 2. The maximum atomic E-state index is 12.2. The zero-order chi connectivity index (χ0) is 17.8. The quantitative estimate of drug-likeness (QED) is 0.717. The molecule has 0 aliphatic rings. The van der Waals surface area contributed by atoms with E-state index in [1.54, 1.807) is 37.5 Å². The SMILES string of the molecule is C/C(=N\c1ccccc1O)c1ccc(NC(=O)c2ccnn2C)cc1. The van der Waals surface area contributed by atoms with E-state index in [2.05, 4.69) is 15.4 Å². The van der Waals surface area contributed by atoms with Crippen LogP contribution in [0.4, 0.5) is 11.4 Å². The van der Waals surface area contributed by atoms with Crippen molar-refractivity contribution in [1.29, 1.82) is 0 Å². The number of hydrogen-bond acceptors (Lipinski definition) is 4. The summed E-state index contributed by atoms with van der Waals surface area (Å²) in [5.74, 6) is -0.0748. The fourth-order valence-electron chi connectivity index (χ4n) is 2.39. The average molecular weight is 334 g/mol. The second-order valence-corrected chi connectivity index (χ2v) is 5.56. The van der Waals surface area contributed by atoms with Crippen molar-refractivity contribution in [2.75, 3.05) is 5.32 Å². The van der Waals surface area contributed by atoms with Crippen LogP contribution in [0.15, 0.2) is 65.8 Å². The van der Waals surface area contributed by atoms with Crippen molar-refractivity contribution in [3.8, 4) is 5.75 Å². The summed E-state index contributed by atoms with van der Waals surface area (Å²) < 4.78 is 1.52. The van der Waals surface area contributed by atoms with Crippen molar-refractivity contribution in [1.82, 2.24) is 9.78 Å². The molecule has 3 aromatic rings. The van der Waals surface area contributed by atoms with Gasteiger partial charge < -0.3 is 10.4 Å². The first-order chi connectivity index (χ1) is 12.0. The zero-order valence-corrected chi connectivity index (χ0v) is 14.0. The van der Waals surface area contributed by atoms with E-state index >= 15 is 0 Å². The summed E-state index contributed by atoms with van der Waals surface area (Å²) in [6, 6.07) is 16.0. The number of anilines is 1. The maximum Gasteiger partial charge on any atom is 0.273 e. The van der Waals surface area contributed by atoms with Crippen LogP contribution in [0.2, 0.25) is 0 Å². The van der Waals surface area contributed by atoms with Crippen LogP contribution in [-0.4, -0.2) is 26.5 Å². The van der Waals surface area contributed by atoms with E-state index in [-0.39, 0.29) is 11.7 Å². The number of nitrogens with zero attached hydrogens (tertiary/aromatic N) is 3. The lowest BCUT2D eigenvalue weighted by atomic mass is 10.1. The zero-order valence-electron chi connectivity index (χ0n) is 14.0. The lowest BCUT2D eigenvalue weighted by Gasteiger charge is -2.07. The van der Waals surface area contributed by atoms with Crippen molar-refractivity contribution in [2.45, 2.75) is 6.92 Å². The molecule has 1 amide bonds. The molecule has 126 valence electrons. The number of aliphatic imine (C=N–C) groups is 1. The molecule has 0 fully saturated rings. The highest BCUT2D eigenvalue weighted by atomic mass is 16.3. The van der Waals surface area contributed by atoms with E-state index in [4.69, 9.17) is 0 Å². The van der Waals surface area contributed by atoms with Gasteiger partial charge in [-0.15, -0.1) is 0 Å². The van der Waals surface area contributed by atoms with Crippen molar-refractivity contribution in [2.24, 2.45) is 12.0 Å². The summed E-state index contributed by atoms with van der Waals surface area (Å²) in [4.78, 5) is 16.6. The fraction of sp³-hybridized carbons (Fsp3) is 0.105. The molecule has 0 spiro atoms. The van der Waals surface area contributed by atoms with Crippen LogP contribution in [0.1, 0.15) is 23.0 Å². The second-order valence-electron chi connectivity index (χ2n) is 5.56. The third-order valence-electron chi connectivity index (χ3n) is 3.78. The number of carbonyl (C=O) groups excluding carboxylic acids is 1. The standard InChI is InChI=1S/C19H18N4O2/c1-13(21-16-5-3-4-6-18(16)24)14-7-9-15(10-8-14)22-19(25)17-11-12-20-23(17)2/h3-12,24H,1-2H3,(H,22,25)/b21-13+. The molecule has 1 heterocycles. The van der Waals surface area contributed by atoms with E-state index in [0.717, 1.165) is 11.3 Å². The van der Waals surface area contributed by atoms with Crippen molar-refractivity contribution in [3.05, 3.63) is 72.1 Å². The van der Waals surface area contributed by atoms with Crippen LogP contribution in [0.3, 0.4) is 0 Å². The number of aryl methyl sites for hydroxylation is 1. The fourth-order valence-corrected chi connectivity index (χ4v) is 2.39. The van der Waals surface area contributed by atoms with E-state index in [0.29, 0.717) is 17.1 Å². The van der Waals surface area contributed by atoms with Gasteiger partial charge in [0.2, 0.25) is 0 Å². The Hall–Kier alpha value is -3.41. The van der Waals surface area contributed by atoms with Gasteiger partial charge in [0.1, 0.15) is 17.1 Å². The Morgan fingerprint density at radius 1 is 1.12 bits per heavy atom. The topological polar surface area (TPSA) is 79.5 Å². The molecule has 1 aromatic heterocycles. The summed E-state index contributed by atoms with van der Waals surface area (Å²) in [6.45, 7) is 1.87. The molecule has 6 heteroatoms. The Morgan fingerprint density at radius 3 is 2.48 bits per heavy atom. The van der Waals surface area contributed by atoms with Crippen LogP contribution >= 0.6 is 0 Å². The molecule has 6 nitrogen and oxygen atoms in total. The Morgan fingerprint density at radius 2 is 1.84 bits per heavy atom. The molecule has 25 heavy (non-hydrogen) atoms. The van der Waals surface area contributed by atoms with Gasteiger partial charge in [0, 0.05) is 24.6 Å². The highest BCUT2D eigenvalue weighted by Gasteiger charge is 2.10. The minimum absolute atomic E-state index is 0.141. The first-order valence-electron chi connectivity index (χ1n) is 7.77. The van der Waals surface area contributed by atoms with Crippen LogP contribution in [-0.2, 0) is 7.05 Å². The summed E-state index contributed by atoms with van der Waals surface area (Å²) in [5, 5.41) is 16.6. The molecule has 0 saturated carbocycles. The molecular formula is C19H18N4O2. The van der Waals surface area contributed by atoms with Crippen LogP contribution in [0.5, 0.6) is 5.75 Å². The average Bonchev–Trinajstić information content (AvgIpc) is 3.03. The van der Waals surface area contributed by atoms with Gasteiger partial charge in [-0.2, -0.15) is 5.10 Å². The number of amides is 1. The molecule has 0 saturated heterocycles. The van der Waals surface area contributed by atoms with E-state index in [9.17, 15) is 9.90 Å². The minimum Gasteiger partial charge on any atom is -0.506 e. The van der Waals surface area contributed by atoms with Gasteiger partial charge in [0.05, 0.1) is 0 Å². The molecule has 3 rings (SSSR count). The van der Waals surface area contributed by atoms with E-state index in [1.165, 1.54) is 4.68 Å². The van der Waals surface area contributed by atoms with E-state index < -0.39 is 0 Å². The first kappa shape index (κ1) is 16.4. The molecule has 0 radical (unpaired) electrons.